The Hall–Kier alpha value is -1.35. The van der Waals surface area contributed by atoms with Gasteiger partial charge in [0.25, 0.3) is 0 Å². The van der Waals surface area contributed by atoms with Gasteiger partial charge in [0.2, 0.25) is 5.91 Å². The maximum Gasteiger partial charge on any atom is 0.240 e. The number of rotatable bonds is 1. The van der Waals surface area contributed by atoms with E-state index in [9.17, 15) is 4.79 Å². The van der Waals surface area contributed by atoms with Crippen molar-refractivity contribution in [3.8, 4) is 0 Å². The van der Waals surface area contributed by atoms with Gasteiger partial charge in [0.05, 0.1) is 6.54 Å². The van der Waals surface area contributed by atoms with Crippen LogP contribution in [0.1, 0.15) is 24.0 Å². The number of amides is 1. The summed E-state index contributed by atoms with van der Waals surface area (Å²) >= 11 is 0. The van der Waals surface area contributed by atoms with Crippen LogP contribution in [-0.4, -0.2) is 25.5 Å². The van der Waals surface area contributed by atoms with E-state index in [1.165, 1.54) is 11.1 Å². The third-order valence-corrected chi connectivity index (χ3v) is 3.22. The molecule has 0 bridgehead atoms. The molecular weight excluding hydrogens is 212 g/mol. The zero-order chi connectivity index (χ0) is 12.3. The van der Waals surface area contributed by atoms with E-state index in [4.69, 9.17) is 0 Å². The molecule has 0 aliphatic carbocycles. The Bertz CT molecular complexity index is 415. The fourth-order valence-corrected chi connectivity index (χ4v) is 2.20. The lowest BCUT2D eigenvalue weighted by molar-refractivity contribution is -0.118. The fraction of sp³-hybridized carbons (Fsp3) is 0.500. The van der Waals surface area contributed by atoms with E-state index in [0.29, 0.717) is 6.54 Å². The Morgan fingerprint density at radius 3 is 2.88 bits per heavy atom. The van der Waals surface area contributed by atoms with E-state index in [0.717, 1.165) is 31.6 Å². The van der Waals surface area contributed by atoms with Crippen molar-refractivity contribution in [2.75, 3.05) is 24.5 Å². The quantitative estimate of drug-likeness (QED) is 0.803. The van der Waals surface area contributed by atoms with Crippen LogP contribution in [0.4, 0.5) is 5.69 Å². The molecular formula is C14H20N2O. The normalized spacial score (nSPS) is 17.8. The molecule has 1 saturated heterocycles. The third kappa shape index (κ3) is 2.86. The van der Waals surface area contributed by atoms with E-state index in [1.54, 1.807) is 0 Å². The molecule has 3 heteroatoms. The minimum Gasteiger partial charge on any atom is -0.311 e. The second-order valence-corrected chi connectivity index (χ2v) is 4.72. The van der Waals surface area contributed by atoms with Crippen LogP contribution in [0.25, 0.3) is 0 Å². The number of nitrogens with one attached hydrogen (secondary N) is 1. The number of anilines is 1. The van der Waals surface area contributed by atoms with Gasteiger partial charge in [-0.05, 0) is 50.4 Å². The molecule has 0 spiro atoms. The first-order chi connectivity index (χ1) is 8.18. The summed E-state index contributed by atoms with van der Waals surface area (Å²) in [5.41, 5.74) is 3.44. The smallest absolute Gasteiger partial charge is 0.240 e. The highest BCUT2D eigenvalue weighted by molar-refractivity contribution is 5.95. The lowest BCUT2D eigenvalue weighted by atomic mass is 10.1. The maximum absolute atomic E-state index is 12.1. The van der Waals surface area contributed by atoms with Crippen molar-refractivity contribution < 1.29 is 4.79 Å². The Kier molecular flexibility index (Phi) is 3.79. The van der Waals surface area contributed by atoms with Gasteiger partial charge in [-0.2, -0.15) is 0 Å². The van der Waals surface area contributed by atoms with Gasteiger partial charge >= 0.3 is 0 Å². The molecule has 92 valence electrons. The average molecular weight is 232 g/mol. The lowest BCUT2D eigenvalue weighted by Gasteiger charge is -2.27. The van der Waals surface area contributed by atoms with Crippen molar-refractivity contribution >= 4 is 11.6 Å². The van der Waals surface area contributed by atoms with Crippen LogP contribution in [0.5, 0.6) is 0 Å². The topological polar surface area (TPSA) is 32.3 Å². The molecule has 1 heterocycles. The molecule has 1 N–H and O–H groups in total. The molecule has 3 nitrogen and oxygen atoms in total. The van der Waals surface area contributed by atoms with E-state index in [1.807, 2.05) is 4.90 Å². The minimum atomic E-state index is 0.179. The molecule has 1 aromatic rings. The second kappa shape index (κ2) is 5.32. The minimum absolute atomic E-state index is 0.179. The van der Waals surface area contributed by atoms with E-state index >= 15 is 0 Å². The Morgan fingerprint density at radius 2 is 2.06 bits per heavy atom. The van der Waals surface area contributed by atoms with Crippen LogP contribution >= 0.6 is 0 Å². The number of hydrogen-bond acceptors (Lipinski definition) is 2. The molecule has 0 unspecified atom stereocenters. The summed E-state index contributed by atoms with van der Waals surface area (Å²) < 4.78 is 0. The van der Waals surface area contributed by atoms with Crippen molar-refractivity contribution in [3.63, 3.8) is 0 Å². The molecule has 1 fully saturated rings. The molecule has 0 aromatic heterocycles. The van der Waals surface area contributed by atoms with Crippen molar-refractivity contribution in [1.29, 1.82) is 0 Å². The van der Waals surface area contributed by atoms with Crippen molar-refractivity contribution in [1.82, 2.24) is 5.32 Å². The number of carbonyl (C=O) groups excluding carboxylic acids is 1. The number of carbonyl (C=O) groups is 1. The summed E-state index contributed by atoms with van der Waals surface area (Å²) in [5, 5.41) is 3.18. The van der Waals surface area contributed by atoms with Crippen molar-refractivity contribution in [2.24, 2.45) is 0 Å². The molecule has 0 radical (unpaired) electrons. The van der Waals surface area contributed by atoms with Crippen LogP contribution in [0, 0.1) is 13.8 Å². The predicted octanol–water partition coefficient (Wildman–Crippen LogP) is 2.02. The first-order valence-electron chi connectivity index (χ1n) is 6.27. The van der Waals surface area contributed by atoms with E-state index in [2.05, 4.69) is 37.4 Å². The van der Waals surface area contributed by atoms with Crippen LogP contribution in [0.3, 0.4) is 0 Å². The standard InChI is InChI=1S/C14H20N2O/c1-11-5-6-12(2)13(9-11)16-8-4-3-7-15-10-14(16)17/h5-6,9,15H,3-4,7-8,10H2,1-2H3. The first kappa shape index (κ1) is 12.1. The zero-order valence-corrected chi connectivity index (χ0v) is 10.6. The predicted molar refractivity (Wildman–Crippen MR) is 70.4 cm³/mol. The molecule has 0 saturated carbocycles. The molecule has 1 aromatic carbocycles. The number of aryl methyl sites for hydroxylation is 2. The Labute approximate surface area is 103 Å². The number of benzene rings is 1. The van der Waals surface area contributed by atoms with Crippen LogP contribution < -0.4 is 10.2 Å². The summed E-state index contributed by atoms with van der Waals surface area (Å²) in [6.07, 6.45) is 2.20. The summed E-state index contributed by atoms with van der Waals surface area (Å²) in [6.45, 7) is 6.37. The number of nitrogens with zero attached hydrogens (tertiary/aromatic N) is 1. The van der Waals surface area contributed by atoms with Crippen molar-refractivity contribution in [2.45, 2.75) is 26.7 Å². The monoisotopic (exact) mass is 232 g/mol. The van der Waals surface area contributed by atoms with Crippen LogP contribution in [0.15, 0.2) is 18.2 Å². The van der Waals surface area contributed by atoms with Crippen LogP contribution in [-0.2, 0) is 4.79 Å². The van der Waals surface area contributed by atoms with Gasteiger partial charge in [-0.3, -0.25) is 4.79 Å². The molecule has 2 rings (SSSR count). The highest BCUT2D eigenvalue weighted by atomic mass is 16.2. The fourth-order valence-electron chi connectivity index (χ4n) is 2.20. The van der Waals surface area contributed by atoms with Crippen LogP contribution in [0.2, 0.25) is 0 Å². The summed E-state index contributed by atoms with van der Waals surface area (Å²) in [5.74, 6) is 0.179. The lowest BCUT2D eigenvalue weighted by Crippen LogP contribution is -2.41. The van der Waals surface area contributed by atoms with Gasteiger partial charge in [0, 0.05) is 12.2 Å². The van der Waals surface area contributed by atoms with E-state index in [-0.39, 0.29) is 5.91 Å². The largest absolute Gasteiger partial charge is 0.311 e. The maximum atomic E-state index is 12.1. The van der Waals surface area contributed by atoms with Gasteiger partial charge in [-0.15, -0.1) is 0 Å². The zero-order valence-electron chi connectivity index (χ0n) is 10.6. The average Bonchev–Trinajstić information content (AvgIpc) is 2.28. The van der Waals surface area contributed by atoms with E-state index < -0.39 is 0 Å². The Morgan fingerprint density at radius 1 is 1.24 bits per heavy atom. The number of hydrogen-bond donors (Lipinski definition) is 1. The van der Waals surface area contributed by atoms with Gasteiger partial charge < -0.3 is 10.2 Å². The van der Waals surface area contributed by atoms with Gasteiger partial charge in [0.15, 0.2) is 0 Å². The summed E-state index contributed by atoms with van der Waals surface area (Å²) in [4.78, 5) is 14.0. The van der Waals surface area contributed by atoms with Gasteiger partial charge in [0.1, 0.15) is 0 Å². The first-order valence-corrected chi connectivity index (χ1v) is 6.27. The highest BCUT2D eigenvalue weighted by Gasteiger charge is 2.18. The Balaban J connectivity index is 2.28. The molecule has 1 aliphatic heterocycles. The molecule has 17 heavy (non-hydrogen) atoms. The third-order valence-electron chi connectivity index (χ3n) is 3.22. The van der Waals surface area contributed by atoms with Gasteiger partial charge in [-0.1, -0.05) is 12.1 Å². The SMILES string of the molecule is Cc1ccc(C)c(N2CCCCNCC2=O)c1. The highest BCUT2D eigenvalue weighted by Crippen LogP contribution is 2.22. The molecule has 1 amide bonds. The molecule has 0 atom stereocenters. The summed E-state index contributed by atoms with van der Waals surface area (Å²) in [6, 6.07) is 6.28. The van der Waals surface area contributed by atoms with Gasteiger partial charge in [-0.25, -0.2) is 0 Å². The summed E-state index contributed by atoms with van der Waals surface area (Å²) in [7, 11) is 0. The second-order valence-electron chi connectivity index (χ2n) is 4.72. The van der Waals surface area contributed by atoms with Crippen molar-refractivity contribution in [3.05, 3.63) is 29.3 Å². The molecule has 1 aliphatic rings.